The van der Waals surface area contributed by atoms with Crippen LogP contribution in [0.4, 0.5) is 22.0 Å². The van der Waals surface area contributed by atoms with Crippen molar-refractivity contribution in [3.8, 4) is 11.1 Å². The minimum absolute atomic E-state index is 0.0552. The van der Waals surface area contributed by atoms with Crippen LogP contribution in [-0.2, 0) is 22.6 Å². The van der Waals surface area contributed by atoms with Crippen LogP contribution in [0.2, 0.25) is 0 Å². The van der Waals surface area contributed by atoms with Crippen LogP contribution in [-0.4, -0.2) is 33.1 Å². The molecule has 7 nitrogen and oxygen atoms in total. The molecular weight excluding hydrogens is 686 g/mol. The molecule has 0 aliphatic carbocycles. The SMILES string of the molecule is Cc1nnc(SCC2CC(c3ccc(CO)cc3)OC(c3ccc(-c4cccc(CNC(=O)c5c(F)c(F)c(F)c(F)c5F)c4)cc3)O2)s1. The highest BCUT2D eigenvalue weighted by Gasteiger charge is 2.33. The highest BCUT2D eigenvalue weighted by Crippen LogP contribution is 2.40. The number of aromatic nitrogens is 2. The highest BCUT2D eigenvalue weighted by molar-refractivity contribution is 8.01. The Morgan fingerprint density at radius 2 is 1.53 bits per heavy atom. The smallest absolute Gasteiger partial charge is 0.257 e. The second-order valence-electron chi connectivity index (χ2n) is 11.2. The fourth-order valence-electron chi connectivity index (χ4n) is 5.29. The zero-order valence-electron chi connectivity index (χ0n) is 25.8. The molecular formula is C35H28F5N3O4S2. The summed E-state index contributed by atoms with van der Waals surface area (Å²) in [5.41, 5.74) is 3.09. The number of carbonyl (C=O) groups excluding carboxylic acids is 1. The summed E-state index contributed by atoms with van der Waals surface area (Å²) in [4.78, 5) is 12.4. The Morgan fingerprint density at radius 1 is 0.857 bits per heavy atom. The molecule has 14 heteroatoms. The molecule has 1 fully saturated rings. The molecule has 254 valence electrons. The van der Waals surface area contributed by atoms with Crippen molar-refractivity contribution in [2.45, 2.75) is 49.3 Å². The third-order valence-electron chi connectivity index (χ3n) is 7.85. The summed E-state index contributed by atoms with van der Waals surface area (Å²) in [6, 6.07) is 22.1. The molecule has 0 bridgehead atoms. The van der Waals surface area contributed by atoms with Crippen molar-refractivity contribution in [1.29, 1.82) is 0 Å². The van der Waals surface area contributed by atoms with Crippen molar-refractivity contribution in [3.05, 3.63) is 135 Å². The number of halogens is 5. The lowest BCUT2D eigenvalue weighted by Gasteiger charge is -2.36. The molecule has 0 saturated carbocycles. The van der Waals surface area contributed by atoms with E-state index in [1.54, 1.807) is 30.0 Å². The van der Waals surface area contributed by atoms with Gasteiger partial charge < -0.3 is 19.9 Å². The normalized spacial score (nSPS) is 17.7. The van der Waals surface area contributed by atoms with Gasteiger partial charge >= 0.3 is 0 Å². The predicted molar refractivity (Wildman–Crippen MR) is 173 cm³/mol. The van der Waals surface area contributed by atoms with E-state index >= 15 is 0 Å². The number of nitrogens with zero attached hydrogens (tertiary/aromatic N) is 2. The Hall–Kier alpha value is -4.21. The summed E-state index contributed by atoms with van der Waals surface area (Å²) in [5, 5.41) is 20.9. The molecule has 2 N–H and O–H groups in total. The molecule has 1 saturated heterocycles. The van der Waals surface area contributed by atoms with Crippen molar-refractivity contribution in [1.82, 2.24) is 15.5 Å². The van der Waals surface area contributed by atoms with E-state index in [1.165, 1.54) is 11.3 Å². The number of carbonyl (C=O) groups is 1. The Labute approximate surface area is 286 Å². The molecule has 3 unspecified atom stereocenters. The Bertz CT molecular complexity index is 1930. The first-order valence-electron chi connectivity index (χ1n) is 15.0. The number of hydrogen-bond donors (Lipinski definition) is 2. The molecule has 6 rings (SSSR count). The first-order valence-corrected chi connectivity index (χ1v) is 16.8. The number of thioether (sulfide) groups is 1. The fourth-order valence-corrected chi connectivity index (χ4v) is 7.15. The predicted octanol–water partition coefficient (Wildman–Crippen LogP) is 7.97. The second-order valence-corrected chi connectivity index (χ2v) is 13.6. The van der Waals surface area contributed by atoms with Gasteiger partial charge in [0.1, 0.15) is 10.6 Å². The van der Waals surface area contributed by atoms with E-state index in [0.717, 1.165) is 37.2 Å². The highest BCUT2D eigenvalue weighted by atomic mass is 32.2. The number of aliphatic hydroxyl groups is 1. The van der Waals surface area contributed by atoms with Gasteiger partial charge in [-0.2, -0.15) is 0 Å². The second kappa shape index (κ2) is 15.1. The van der Waals surface area contributed by atoms with Gasteiger partial charge in [0.25, 0.3) is 5.91 Å². The average Bonchev–Trinajstić information content (AvgIpc) is 3.56. The van der Waals surface area contributed by atoms with E-state index in [1.807, 2.05) is 61.5 Å². The molecule has 1 aliphatic rings. The van der Waals surface area contributed by atoms with Gasteiger partial charge in [-0.15, -0.1) is 10.2 Å². The zero-order valence-corrected chi connectivity index (χ0v) is 27.4. The van der Waals surface area contributed by atoms with Crippen molar-refractivity contribution >= 4 is 29.0 Å². The van der Waals surface area contributed by atoms with E-state index in [2.05, 4.69) is 15.5 Å². The van der Waals surface area contributed by atoms with E-state index in [9.17, 15) is 31.9 Å². The number of benzene rings is 4. The molecule has 2 heterocycles. The maximum absolute atomic E-state index is 14.1. The monoisotopic (exact) mass is 713 g/mol. The topological polar surface area (TPSA) is 93.6 Å². The van der Waals surface area contributed by atoms with Crippen molar-refractivity contribution in [3.63, 3.8) is 0 Å². The third-order valence-corrected chi connectivity index (χ3v) is 9.95. The lowest BCUT2D eigenvalue weighted by Crippen LogP contribution is -2.31. The van der Waals surface area contributed by atoms with Gasteiger partial charge in [-0.1, -0.05) is 89.8 Å². The van der Waals surface area contributed by atoms with Gasteiger partial charge in [0, 0.05) is 24.3 Å². The molecule has 1 aromatic heterocycles. The number of nitrogens with one attached hydrogen (secondary N) is 1. The van der Waals surface area contributed by atoms with E-state index in [4.69, 9.17) is 9.47 Å². The number of hydrogen-bond acceptors (Lipinski definition) is 8. The Morgan fingerprint density at radius 3 is 2.18 bits per heavy atom. The van der Waals surface area contributed by atoms with Crippen LogP contribution in [0.5, 0.6) is 0 Å². The van der Waals surface area contributed by atoms with E-state index in [-0.39, 0.29) is 25.4 Å². The maximum Gasteiger partial charge on any atom is 0.257 e. The van der Waals surface area contributed by atoms with Crippen LogP contribution < -0.4 is 5.32 Å². The first kappa shape index (κ1) is 34.6. The summed E-state index contributed by atoms with van der Waals surface area (Å²) in [6.07, 6.45) is -0.474. The van der Waals surface area contributed by atoms with Crippen LogP contribution in [0, 0.1) is 36.0 Å². The Kier molecular flexibility index (Phi) is 10.7. The van der Waals surface area contributed by atoms with Gasteiger partial charge in [0.2, 0.25) is 5.82 Å². The van der Waals surface area contributed by atoms with Crippen LogP contribution in [0.25, 0.3) is 11.1 Å². The van der Waals surface area contributed by atoms with Gasteiger partial charge in [-0.25, -0.2) is 22.0 Å². The third kappa shape index (κ3) is 7.84. The maximum atomic E-state index is 14.1. The van der Waals surface area contributed by atoms with Crippen LogP contribution in [0.1, 0.15) is 56.4 Å². The van der Waals surface area contributed by atoms with Crippen LogP contribution >= 0.6 is 23.1 Å². The average molecular weight is 714 g/mol. The van der Waals surface area contributed by atoms with Crippen LogP contribution in [0.3, 0.4) is 0 Å². The summed E-state index contributed by atoms with van der Waals surface area (Å²) in [7, 11) is 0. The Balaban J connectivity index is 1.16. The van der Waals surface area contributed by atoms with E-state index in [0.29, 0.717) is 17.7 Å². The summed E-state index contributed by atoms with van der Waals surface area (Å²) in [6.45, 7) is 1.62. The minimum Gasteiger partial charge on any atom is -0.392 e. The minimum atomic E-state index is -2.33. The molecule has 1 aliphatic heterocycles. The summed E-state index contributed by atoms with van der Waals surface area (Å²) < 4.78 is 82.4. The molecule has 4 aromatic carbocycles. The molecule has 0 radical (unpaired) electrons. The van der Waals surface area contributed by atoms with Gasteiger partial charge in [0.05, 0.1) is 18.8 Å². The number of ether oxygens (including phenoxy) is 2. The molecule has 1 amide bonds. The van der Waals surface area contributed by atoms with Crippen molar-refractivity contribution < 1.29 is 41.3 Å². The lowest BCUT2D eigenvalue weighted by molar-refractivity contribution is -0.245. The lowest BCUT2D eigenvalue weighted by atomic mass is 9.99. The molecule has 3 atom stereocenters. The molecule has 49 heavy (non-hydrogen) atoms. The van der Waals surface area contributed by atoms with Gasteiger partial charge in [-0.05, 0) is 40.8 Å². The standard InChI is InChI=1S/C35H28F5N3O4S2/c1-18-42-43-35(49-18)48-17-25-14-26(22-7-5-19(16-44)6-8-22)47-34(46-25)23-11-9-21(10-12-23)24-4-2-3-20(13-24)15-41-33(45)27-28(36)30(38)32(40)31(39)29(27)37/h2-13,25-26,34,44H,14-17H2,1H3,(H,41,45). The number of amides is 1. The number of aliphatic hydroxyl groups excluding tert-OH is 1. The molecule has 5 aromatic rings. The van der Waals surface area contributed by atoms with E-state index < -0.39 is 46.8 Å². The van der Waals surface area contributed by atoms with Gasteiger partial charge in [-0.3, -0.25) is 4.79 Å². The quantitative estimate of drug-likeness (QED) is 0.0657. The van der Waals surface area contributed by atoms with Crippen LogP contribution in [0.15, 0.2) is 77.1 Å². The summed E-state index contributed by atoms with van der Waals surface area (Å²) in [5.74, 6) is -11.9. The summed E-state index contributed by atoms with van der Waals surface area (Å²) >= 11 is 3.10. The molecule has 0 spiro atoms. The number of aryl methyl sites for hydroxylation is 1. The number of rotatable bonds is 10. The first-order chi connectivity index (χ1) is 23.6. The van der Waals surface area contributed by atoms with Gasteiger partial charge in [0.15, 0.2) is 33.9 Å². The largest absolute Gasteiger partial charge is 0.392 e. The fraction of sp³-hybridized carbons (Fsp3) is 0.229. The van der Waals surface area contributed by atoms with Crippen molar-refractivity contribution in [2.24, 2.45) is 0 Å². The van der Waals surface area contributed by atoms with Crippen molar-refractivity contribution in [2.75, 3.05) is 5.75 Å². The zero-order chi connectivity index (χ0) is 34.7.